The van der Waals surface area contributed by atoms with Crippen molar-refractivity contribution in [2.45, 2.75) is 6.54 Å². The van der Waals surface area contributed by atoms with E-state index in [1.807, 2.05) is 24.3 Å². The molecule has 6 nitrogen and oxygen atoms in total. The average molecular weight is 450 g/mol. The van der Waals surface area contributed by atoms with Crippen molar-refractivity contribution in [3.8, 4) is 28.4 Å². The van der Waals surface area contributed by atoms with E-state index in [1.54, 1.807) is 36.4 Å². The summed E-state index contributed by atoms with van der Waals surface area (Å²) >= 11 is 6.15. The zero-order chi connectivity index (χ0) is 22.1. The zero-order valence-electron chi connectivity index (χ0n) is 16.7. The molecule has 0 saturated carbocycles. The van der Waals surface area contributed by atoms with Crippen molar-refractivity contribution >= 4 is 17.5 Å². The van der Waals surface area contributed by atoms with Crippen molar-refractivity contribution in [3.63, 3.8) is 0 Å². The number of ether oxygens (including phenoxy) is 2. The van der Waals surface area contributed by atoms with Gasteiger partial charge in [-0.3, -0.25) is 4.79 Å². The number of nitrogens with zero attached hydrogens (tertiary/aromatic N) is 2. The molecule has 3 aromatic carbocycles. The van der Waals surface area contributed by atoms with Crippen LogP contribution in [0.15, 0.2) is 72.8 Å². The molecule has 1 amide bonds. The summed E-state index contributed by atoms with van der Waals surface area (Å²) < 4.78 is 25.6. The first kappa shape index (κ1) is 20.1. The molecule has 1 N–H and O–H groups in total. The van der Waals surface area contributed by atoms with Crippen LogP contribution in [0.1, 0.15) is 16.1 Å². The second-order valence-corrected chi connectivity index (χ2v) is 7.62. The lowest BCUT2D eigenvalue weighted by Crippen LogP contribution is -2.25. The summed E-state index contributed by atoms with van der Waals surface area (Å²) in [7, 11) is 0. The molecule has 5 rings (SSSR count). The minimum atomic E-state index is -0.343. The third-order valence-corrected chi connectivity index (χ3v) is 5.26. The summed E-state index contributed by atoms with van der Waals surface area (Å²) in [4.78, 5) is 13.1. The van der Waals surface area contributed by atoms with Gasteiger partial charge in [-0.25, -0.2) is 9.07 Å². The molecule has 160 valence electrons. The molecule has 8 heteroatoms. The van der Waals surface area contributed by atoms with Crippen LogP contribution in [0.2, 0.25) is 5.02 Å². The Labute approximate surface area is 188 Å². The van der Waals surface area contributed by atoms with Gasteiger partial charge in [0.15, 0.2) is 11.5 Å². The summed E-state index contributed by atoms with van der Waals surface area (Å²) in [6, 6.07) is 20.2. The van der Waals surface area contributed by atoms with E-state index in [-0.39, 0.29) is 18.5 Å². The third kappa shape index (κ3) is 4.02. The minimum absolute atomic E-state index is 0.191. The average Bonchev–Trinajstić information content (AvgIpc) is 3.45. The van der Waals surface area contributed by atoms with Gasteiger partial charge in [0.25, 0.3) is 5.91 Å². The number of hydrogen-bond acceptors (Lipinski definition) is 4. The Balaban J connectivity index is 1.45. The van der Waals surface area contributed by atoms with Crippen LogP contribution in [-0.2, 0) is 6.54 Å². The maximum absolute atomic E-state index is 13.3. The van der Waals surface area contributed by atoms with E-state index in [4.69, 9.17) is 21.1 Å². The molecule has 0 spiro atoms. The van der Waals surface area contributed by atoms with Crippen molar-refractivity contribution in [3.05, 3.63) is 94.9 Å². The Morgan fingerprint density at radius 2 is 1.84 bits per heavy atom. The lowest BCUT2D eigenvalue weighted by Gasteiger charge is -2.09. The molecular weight excluding hydrogens is 433 g/mol. The molecule has 4 aromatic rings. The molecule has 32 heavy (non-hydrogen) atoms. The van der Waals surface area contributed by atoms with Crippen LogP contribution in [0.4, 0.5) is 4.39 Å². The second kappa shape index (κ2) is 8.36. The van der Waals surface area contributed by atoms with E-state index < -0.39 is 0 Å². The molecular formula is C24H17ClFN3O3. The van der Waals surface area contributed by atoms with Gasteiger partial charge in [0.05, 0.1) is 11.4 Å². The Bertz CT molecular complexity index is 1300. The number of benzene rings is 3. The van der Waals surface area contributed by atoms with Crippen LogP contribution in [0.25, 0.3) is 16.9 Å². The predicted molar refractivity (Wildman–Crippen MR) is 118 cm³/mol. The SMILES string of the molecule is O=C(NCc1ccc2c(c1)OCO2)c1cc(-c2ccc(F)cc2)nn1-c1cccc(Cl)c1. The predicted octanol–water partition coefficient (Wildman–Crippen LogP) is 4.99. The number of amides is 1. The number of nitrogens with one attached hydrogen (secondary N) is 1. The summed E-state index contributed by atoms with van der Waals surface area (Å²) in [6.07, 6.45) is 0. The monoisotopic (exact) mass is 449 g/mol. The van der Waals surface area contributed by atoms with E-state index in [0.29, 0.717) is 45.7 Å². The minimum Gasteiger partial charge on any atom is -0.454 e. The van der Waals surface area contributed by atoms with Crippen LogP contribution < -0.4 is 14.8 Å². The second-order valence-electron chi connectivity index (χ2n) is 7.18. The molecule has 0 saturated heterocycles. The largest absolute Gasteiger partial charge is 0.454 e. The van der Waals surface area contributed by atoms with Crippen molar-refractivity contribution in [1.82, 2.24) is 15.1 Å². The maximum atomic E-state index is 13.3. The Morgan fingerprint density at radius 1 is 1.03 bits per heavy atom. The molecule has 1 aliphatic heterocycles. The lowest BCUT2D eigenvalue weighted by molar-refractivity contribution is 0.0943. The maximum Gasteiger partial charge on any atom is 0.270 e. The molecule has 0 atom stereocenters. The fourth-order valence-electron chi connectivity index (χ4n) is 3.43. The normalized spacial score (nSPS) is 12.1. The van der Waals surface area contributed by atoms with Gasteiger partial charge >= 0.3 is 0 Å². The highest BCUT2D eigenvalue weighted by atomic mass is 35.5. The summed E-state index contributed by atoms with van der Waals surface area (Å²) in [5.74, 6) is 0.676. The first-order valence-electron chi connectivity index (χ1n) is 9.85. The molecule has 1 aromatic heterocycles. The van der Waals surface area contributed by atoms with E-state index in [0.717, 1.165) is 5.56 Å². The number of fused-ring (bicyclic) bond motifs is 1. The van der Waals surface area contributed by atoms with Crippen LogP contribution in [-0.4, -0.2) is 22.5 Å². The van der Waals surface area contributed by atoms with Gasteiger partial charge in [0.2, 0.25) is 6.79 Å². The number of carbonyl (C=O) groups is 1. The Kier molecular flexibility index (Phi) is 5.25. The number of aromatic nitrogens is 2. The molecule has 1 aliphatic rings. The first-order chi connectivity index (χ1) is 15.6. The van der Waals surface area contributed by atoms with Gasteiger partial charge in [-0.2, -0.15) is 5.10 Å². The standard InChI is InChI=1S/C24H17ClFN3O3/c25-17-2-1-3-19(11-17)29-21(12-20(28-29)16-5-7-18(26)8-6-16)24(30)27-13-15-4-9-22-23(10-15)32-14-31-22/h1-12H,13-14H2,(H,27,30). The number of carbonyl (C=O) groups excluding carboxylic acids is 1. The lowest BCUT2D eigenvalue weighted by atomic mass is 10.1. The van der Waals surface area contributed by atoms with Gasteiger partial charge in [-0.1, -0.05) is 23.7 Å². The number of halogens is 2. The fraction of sp³-hybridized carbons (Fsp3) is 0.0833. The molecule has 0 radical (unpaired) electrons. The van der Waals surface area contributed by atoms with Gasteiger partial charge in [0, 0.05) is 17.1 Å². The van der Waals surface area contributed by atoms with E-state index >= 15 is 0 Å². The summed E-state index contributed by atoms with van der Waals surface area (Å²) in [5, 5.41) is 8.02. The number of hydrogen-bond donors (Lipinski definition) is 1. The van der Waals surface area contributed by atoms with Crippen molar-refractivity contribution in [2.24, 2.45) is 0 Å². The van der Waals surface area contributed by atoms with Crippen molar-refractivity contribution in [2.75, 3.05) is 6.79 Å². The molecule has 0 fully saturated rings. The quantitative estimate of drug-likeness (QED) is 0.466. The third-order valence-electron chi connectivity index (χ3n) is 5.02. The first-order valence-corrected chi connectivity index (χ1v) is 10.2. The van der Waals surface area contributed by atoms with Gasteiger partial charge in [-0.15, -0.1) is 0 Å². The highest BCUT2D eigenvalue weighted by molar-refractivity contribution is 6.30. The smallest absolute Gasteiger partial charge is 0.270 e. The topological polar surface area (TPSA) is 65.4 Å². The zero-order valence-corrected chi connectivity index (χ0v) is 17.5. The Morgan fingerprint density at radius 3 is 2.66 bits per heavy atom. The van der Waals surface area contributed by atoms with Crippen LogP contribution in [0, 0.1) is 5.82 Å². The molecule has 0 aliphatic carbocycles. The number of rotatable bonds is 5. The summed E-state index contributed by atoms with van der Waals surface area (Å²) in [5.41, 5.74) is 3.07. The van der Waals surface area contributed by atoms with Crippen LogP contribution in [0.3, 0.4) is 0 Å². The Hall–Kier alpha value is -3.84. The fourth-order valence-corrected chi connectivity index (χ4v) is 3.62. The van der Waals surface area contributed by atoms with E-state index in [1.165, 1.54) is 16.8 Å². The van der Waals surface area contributed by atoms with E-state index in [2.05, 4.69) is 10.4 Å². The highest BCUT2D eigenvalue weighted by Gasteiger charge is 2.19. The summed E-state index contributed by atoms with van der Waals surface area (Å²) in [6.45, 7) is 0.484. The molecule has 0 unspecified atom stereocenters. The van der Waals surface area contributed by atoms with Crippen molar-refractivity contribution in [1.29, 1.82) is 0 Å². The highest BCUT2D eigenvalue weighted by Crippen LogP contribution is 2.32. The van der Waals surface area contributed by atoms with Gasteiger partial charge in [0.1, 0.15) is 11.5 Å². The van der Waals surface area contributed by atoms with E-state index in [9.17, 15) is 9.18 Å². The molecule has 0 bridgehead atoms. The molecule has 2 heterocycles. The van der Waals surface area contributed by atoms with Crippen LogP contribution in [0.5, 0.6) is 11.5 Å². The van der Waals surface area contributed by atoms with Gasteiger partial charge in [-0.05, 0) is 66.2 Å². The van der Waals surface area contributed by atoms with Crippen molar-refractivity contribution < 1.29 is 18.7 Å². The van der Waals surface area contributed by atoms with Gasteiger partial charge < -0.3 is 14.8 Å². The van der Waals surface area contributed by atoms with Crippen LogP contribution >= 0.6 is 11.6 Å².